The molecule has 1 N–H and O–H groups in total. The van der Waals surface area contributed by atoms with Gasteiger partial charge in [-0.3, -0.25) is 4.72 Å². The van der Waals surface area contributed by atoms with Crippen LogP contribution in [-0.2, 0) is 10.0 Å². The first kappa shape index (κ1) is 14.6. The zero-order chi connectivity index (χ0) is 14.0. The van der Waals surface area contributed by atoms with Crippen LogP contribution in [0.5, 0.6) is 5.75 Å². The Morgan fingerprint density at radius 1 is 1.32 bits per heavy atom. The Labute approximate surface area is 128 Å². The van der Waals surface area contributed by atoms with E-state index >= 15 is 0 Å². The van der Waals surface area contributed by atoms with E-state index in [2.05, 4.69) is 20.7 Å². The maximum absolute atomic E-state index is 12.2. The van der Waals surface area contributed by atoms with E-state index in [-0.39, 0.29) is 4.21 Å². The number of thiophene rings is 1. The molecule has 0 saturated carbocycles. The van der Waals surface area contributed by atoms with Gasteiger partial charge in [0, 0.05) is 5.02 Å². The SMILES string of the molecule is COc1ccc(Cl)cc1NS(=O)(=O)c1ccc(Br)s1. The molecule has 2 rings (SSSR count). The highest BCUT2D eigenvalue weighted by Crippen LogP contribution is 2.32. The molecule has 0 aliphatic carbocycles. The summed E-state index contributed by atoms with van der Waals surface area (Å²) in [5, 5.41) is 0.422. The lowest BCUT2D eigenvalue weighted by Crippen LogP contribution is -2.12. The van der Waals surface area contributed by atoms with Gasteiger partial charge in [-0.05, 0) is 46.3 Å². The zero-order valence-electron chi connectivity index (χ0n) is 9.68. The summed E-state index contributed by atoms with van der Waals surface area (Å²) in [6.45, 7) is 0. The fraction of sp³-hybridized carbons (Fsp3) is 0.0909. The fourth-order valence-electron chi connectivity index (χ4n) is 1.40. The quantitative estimate of drug-likeness (QED) is 0.870. The molecule has 0 fully saturated rings. The molecule has 0 saturated heterocycles. The van der Waals surface area contributed by atoms with E-state index in [0.717, 1.165) is 15.1 Å². The van der Waals surface area contributed by atoms with Crippen LogP contribution in [0, 0.1) is 0 Å². The fourth-order valence-corrected chi connectivity index (χ4v) is 4.64. The van der Waals surface area contributed by atoms with E-state index in [9.17, 15) is 8.42 Å². The molecular weight excluding hydrogens is 374 g/mol. The van der Waals surface area contributed by atoms with E-state index in [4.69, 9.17) is 16.3 Å². The normalized spacial score (nSPS) is 11.3. The summed E-state index contributed by atoms with van der Waals surface area (Å²) in [6.07, 6.45) is 0. The van der Waals surface area contributed by atoms with Crippen molar-refractivity contribution >= 4 is 54.6 Å². The molecule has 4 nitrogen and oxygen atoms in total. The van der Waals surface area contributed by atoms with Crippen LogP contribution in [0.15, 0.2) is 38.3 Å². The van der Waals surface area contributed by atoms with Crippen molar-refractivity contribution in [3.8, 4) is 5.75 Å². The van der Waals surface area contributed by atoms with E-state index in [1.807, 2.05) is 0 Å². The largest absolute Gasteiger partial charge is 0.495 e. The predicted molar refractivity (Wildman–Crippen MR) is 80.8 cm³/mol. The third-order valence-electron chi connectivity index (χ3n) is 2.22. The van der Waals surface area contributed by atoms with Crippen LogP contribution in [0.2, 0.25) is 5.02 Å². The lowest BCUT2D eigenvalue weighted by atomic mass is 10.3. The average molecular weight is 383 g/mol. The highest BCUT2D eigenvalue weighted by Gasteiger charge is 2.18. The average Bonchev–Trinajstić information content (AvgIpc) is 2.76. The van der Waals surface area contributed by atoms with Gasteiger partial charge in [0.2, 0.25) is 0 Å². The summed E-state index contributed by atoms with van der Waals surface area (Å²) in [5.74, 6) is 0.406. The van der Waals surface area contributed by atoms with Gasteiger partial charge in [-0.25, -0.2) is 8.42 Å². The van der Waals surface area contributed by atoms with Gasteiger partial charge in [0.05, 0.1) is 16.6 Å². The molecule has 8 heteroatoms. The van der Waals surface area contributed by atoms with E-state index in [1.165, 1.54) is 19.2 Å². The molecule has 0 unspecified atom stereocenters. The van der Waals surface area contributed by atoms with Crippen LogP contribution in [0.1, 0.15) is 0 Å². The van der Waals surface area contributed by atoms with Crippen LogP contribution >= 0.6 is 38.9 Å². The van der Waals surface area contributed by atoms with Gasteiger partial charge >= 0.3 is 0 Å². The summed E-state index contributed by atoms with van der Waals surface area (Å²) in [6, 6.07) is 7.92. The van der Waals surface area contributed by atoms with Crippen molar-refractivity contribution in [2.24, 2.45) is 0 Å². The molecule has 0 aliphatic rings. The molecule has 0 bridgehead atoms. The van der Waals surface area contributed by atoms with Gasteiger partial charge in [-0.1, -0.05) is 11.6 Å². The molecule has 1 heterocycles. The van der Waals surface area contributed by atoms with Gasteiger partial charge in [-0.2, -0.15) is 0 Å². The van der Waals surface area contributed by atoms with Gasteiger partial charge in [0.15, 0.2) is 0 Å². The second-order valence-electron chi connectivity index (χ2n) is 3.51. The second kappa shape index (κ2) is 5.70. The van der Waals surface area contributed by atoms with Crippen molar-refractivity contribution in [3.05, 3.63) is 39.1 Å². The number of benzene rings is 1. The number of hydrogen-bond acceptors (Lipinski definition) is 4. The monoisotopic (exact) mass is 381 g/mol. The Balaban J connectivity index is 2.38. The minimum Gasteiger partial charge on any atom is -0.495 e. The number of rotatable bonds is 4. The maximum atomic E-state index is 12.2. The van der Waals surface area contributed by atoms with Gasteiger partial charge in [-0.15, -0.1) is 11.3 Å². The summed E-state index contributed by atoms with van der Waals surface area (Å²) in [4.78, 5) is 0. The van der Waals surface area contributed by atoms with Crippen molar-refractivity contribution in [1.82, 2.24) is 0 Å². The molecule has 1 aromatic carbocycles. The van der Waals surface area contributed by atoms with Gasteiger partial charge in [0.1, 0.15) is 9.96 Å². The number of ether oxygens (including phenoxy) is 1. The van der Waals surface area contributed by atoms with E-state index < -0.39 is 10.0 Å². The lowest BCUT2D eigenvalue weighted by Gasteiger charge is -2.11. The Bertz CT molecular complexity index is 700. The summed E-state index contributed by atoms with van der Waals surface area (Å²) in [5.41, 5.74) is 0.305. The molecule has 0 radical (unpaired) electrons. The van der Waals surface area contributed by atoms with Gasteiger partial charge < -0.3 is 4.74 Å². The molecule has 102 valence electrons. The van der Waals surface area contributed by atoms with Crippen molar-refractivity contribution in [2.45, 2.75) is 4.21 Å². The molecule has 0 aliphatic heterocycles. The minimum absolute atomic E-state index is 0.210. The van der Waals surface area contributed by atoms with Crippen LogP contribution in [0.3, 0.4) is 0 Å². The number of anilines is 1. The third-order valence-corrected chi connectivity index (χ3v) is 5.94. The first-order valence-corrected chi connectivity index (χ1v) is 8.51. The van der Waals surface area contributed by atoms with E-state index in [0.29, 0.717) is 16.5 Å². The van der Waals surface area contributed by atoms with Crippen molar-refractivity contribution < 1.29 is 13.2 Å². The van der Waals surface area contributed by atoms with Crippen LogP contribution in [0.25, 0.3) is 0 Å². The van der Waals surface area contributed by atoms with E-state index in [1.54, 1.807) is 18.2 Å². The third kappa shape index (κ3) is 3.42. The Morgan fingerprint density at radius 2 is 2.05 bits per heavy atom. The highest BCUT2D eigenvalue weighted by molar-refractivity contribution is 9.11. The van der Waals surface area contributed by atoms with Crippen molar-refractivity contribution in [2.75, 3.05) is 11.8 Å². The topological polar surface area (TPSA) is 55.4 Å². The first-order chi connectivity index (χ1) is 8.92. The van der Waals surface area contributed by atoms with Crippen molar-refractivity contribution in [1.29, 1.82) is 0 Å². The number of methoxy groups -OCH3 is 1. The molecule has 19 heavy (non-hydrogen) atoms. The molecule has 1 aromatic heterocycles. The molecule has 0 amide bonds. The van der Waals surface area contributed by atoms with Crippen molar-refractivity contribution in [3.63, 3.8) is 0 Å². The number of sulfonamides is 1. The summed E-state index contributed by atoms with van der Waals surface area (Å²) in [7, 11) is -2.18. The van der Waals surface area contributed by atoms with Crippen LogP contribution in [-0.4, -0.2) is 15.5 Å². The first-order valence-electron chi connectivity index (χ1n) is 5.04. The second-order valence-corrected chi connectivity index (χ2v) is 8.32. The highest BCUT2D eigenvalue weighted by atomic mass is 79.9. The van der Waals surface area contributed by atoms with Crippen LogP contribution in [0.4, 0.5) is 5.69 Å². The summed E-state index contributed by atoms with van der Waals surface area (Å²) >= 11 is 10.2. The number of halogens is 2. The molecule has 0 spiro atoms. The predicted octanol–water partition coefficient (Wildman–Crippen LogP) is 3.97. The number of nitrogens with one attached hydrogen (secondary N) is 1. The zero-order valence-corrected chi connectivity index (χ0v) is 13.7. The Hall–Kier alpha value is -0.760. The maximum Gasteiger partial charge on any atom is 0.271 e. The van der Waals surface area contributed by atoms with Crippen LogP contribution < -0.4 is 9.46 Å². The molecular formula is C11H9BrClNO3S2. The summed E-state index contributed by atoms with van der Waals surface area (Å²) < 4.78 is 32.9. The lowest BCUT2D eigenvalue weighted by molar-refractivity contribution is 0.417. The number of hydrogen-bond donors (Lipinski definition) is 1. The minimum atomic E-state index is -3.64. The smallest absolute Gasteiger partial charge is 0.271 e. The Kier molecular flexibility index (Phi) is 4.39. The van der Waals surface area contributed by atoms with Gasteiger partial charge in [0.25, 0.3) is 10.0 Å². The standard InChI is InChI=1S/C11H9BrClNO3S2/c1-17-9-3-2-7(13)6-8(9)14-19(15,16)11-5-4-10(12)18-11/h2-6,14H,1H3. The Morgan fingerprint density at radius 3 is 2.63 bits per heavy atom. The molecule has 0 atom stereocenters. The molecule has 2 aromatic rings.